The van der Waals surface area contributed by atoms with Crippen LogP contribution < -0.4 is 5.32 Å². The highest BCUT2D eigenvalue weighted by atomic mass is 127. The Morgan fingerprint density at radius 2 is 2.25 bits per heavy atom. The largest absolute Gasteiger partial charge is 0.396 e. The van der Waals surface area contributed by atoms with Crippen molar-refractivity contribution in [2.24, 2.45) is 0 Å². The highest BCUT2D eigenvalue weighted by Gasteiger charge is 2.21. The molecule has 0 aliphatic rings. The van der Waals surface area contributed by atoms with Gasteiger partial charge in [-0.3, -0.25) is 0 Å². The maximum absolute atomic E-state index is 12.6. The molecule has 0 aliphatic carbocycles. The summed E-state index contributed by atoms with van der Waals surface area (Å²) in [6.07, 6.45) is -1.22. The lowest BCUT2D eigenvalue weighted by Gasteiger charge is -2.17. The molecule has 0 spiro atoms. The fraction of sp³-hybridized carbons (Fsp3) is 0.500. The molecule has 0 saturated heterocycles. The van der Waals surface area contributed by atoms with E-state index in [1.54, 1.807) is 0 Å². The molecule has 0 amide bonds. The van der Waals surface area contributed by atoms with Crippen LogP contribution in [0.5, 0.6) is 0 Å². The second-order valence-electron chi connectivity index (χ2n) is 2.93. The zero-order valence-electron chi connectivity index (χ0n) is 8.00. The van der Waals surface area contributed by atoms with Gasteiger partial charge in [0.2, 0.25) is 5.28 Å². The number of anilines is 1. The normalized spacial score (nSPS) is 12.9. The van der Waals surface area contributed by atoms with Crippen molar-refractivity contribution in [3.05, 3.63) is 15.1 Å². The minimum Gasteiger partial charge on any atom is -0.396 e. The standard InChI is InChI=1S/C8H9ClF2IN3O/c9-8-13-3-4(12)7(15-8)14-5(1-2-16)6(10)11/h3,5-6,16H,1-2H2,(H,13,14,15). The van der Waals surface area contributed by atoms with E-state index < -0.39 is 12.5 Å². The molecule has 1 aromatic heterocycles. The average molecular weight is 364 g/mol. The van der Waals surface area contributed by atoms with Crippen molar-refractivity contribution >= 4 is 40.0 Å². The lowest BCUT2D eigenvalue weighted by atomic mass is 10.2. The maximum atomic E-state index is 12.6. The van der Waals surface area contributed by atoms with E-state index in [1.807, 2.05) is 22.6 Å². The molecule has 1 unspecified atom stereocenters. The first-order chi connectivity index (χ1) is 7.54. The van der Waals surface area contributed by atoms with Gasteiger partial charge in [0.1, 0.15) is 5.82 Å². The smallest absolute Gasteiger partial charge is 0.258 e. The molecule has 1 heterocycles. The fourth-order valence-corrected chi connectivity index (χ4v) is 1.57. The molecule has 0 fully saturated rings. The zero-order valence-corrected chi connectivity index (χ0v) is 10.9. The first-order valence-electron chi connectivity index (χ1n) is 4.38. The van der Waals surface area contributed by atoms with Gasteiger partial charge in [-0.1, -0.05) is 0 Å². The second kappa shape index (κ2) is 6.45. The van der Waals surface area contributed by atoms with Crippen LogP contribution in [0.3, 0.4) is 0 Å². The molecule has 2 N–H and O–H groups in total. The van der Waals surface area contributed by atoms with Crippen molar-refractivity contribution in [3.8, 4) is 0 Å². The van der Waals surface area contributed by atoms with Gasteiger partial charge < -0.3 is 10.4 Å². The molecule has 0 bridgehead atoms. The number of hydrogen-bond donors (Lipinski definition) is 2. The second-order valence-corrected chi connectivity index (χ2v) is 4.43. The minimum atomic E-state index is -2.59. The molecular weight excluding hydrogens is 354 g/mol. The van der Waals surface area contributed by atoms with E-state index in [9.17, 15) is 8.78 Å². The third kappa shape index (κ3) is 3.95. The van der Waals surface area contributed by atoms with Crippen LogP contribution in [0, 0.1) is 3.57 Å². The van der Waals surface area contributed by atoms with Gasteiger partial charge in [0, 0.05) is 12.8 Å². The molecule has 0 aromatic carbocycles. The SMILES string of the molecule is OCCC(Nc1nc(Cl)ncc1I)C(F)F. The van der Waals surface area contributed by atoms with Crippen molar-refractivity contribution in [2.75, 3.05) is 11.9 Å². The van der Waals surface area contributed by atoms with Crippen molar-refractivity contribution in [2.45, 2.75) is 18.9 Å². The van der Waals surface area contributed by atoms with E-state index in [0.29, 0.717) is 3.57 Å². The highest BCUT2D eigenvalue weighted by molar-refractivity contribution is 14.1. The van der Waals surface area contributed by atoms with E-state index in [4.69, 9.17) is 16.7 Å². The fourth-order valence-electron chi connectivity index (χ4n) is 1.02. The van der Waals surface area contributed by atoms with Gasteiger partial charge in [-0.2, -0.15) is 4.98 Å². The molecule has 0 saturated carbocycles. The van der Waals surface area contributed by atoms with E-state index in [0.717, 1.165) is 0 Å². The van der Waals surface area contributed by atoms with Crippen LogP contribution in [0.25, 0.3) is 0 Å². The van der Waals surface area contributed by atoms with Crippen LogP contribution in [0.4, 0.5) is 14.6 Å². The Labute approximate surface area is 110 Å². The van der Waals surface area contributed by atoms with Crippen LogP contribution in [0.15, 0.2) is 6.20 Å². The summed E-state index contributed by atoms with van der Waals surface area (Å²) in [6.45, 7) is -0.322. The van der Waals surface area contributed by atoms with Gasteiger partial charge in [0.25, 0.3) is 6.43 Å². The summed E-state index contributed by atoms with van der Waals surface area (Å²) in [7, 11) is 0. The Balaban J connectivity index is 2.80. The number of aromatic nitrogens is 2. The first kappa shape index (κ1) is 13.8. The van der Waals surface area contributed by atoms with Gasteiger partial charge in [0.15, 0.2) is 0 Å². The monoisotopic (exact) mass is 363 g/mol. The van der Waals surface area contributed by atoms with Gasteiger partial charge in [-0.25, -0.2) is 13.8 Å². The topological polar surface area (TPSA) is 58.0 Å². The molecule has 0 radical (unpaired) electrons. The summed E-state index contributed by atoms with van der Waals surface area (Å²) in [5.41, 5.74) is 0. The number of nitrogens with zero attached hydrogens (tertiary/aromatic N) is 2. The van der Waals surface area contributed by atoms with E-state index in [2.05, 4.69) is 15.3 Å². The number of aliphatic hydroxyl groups excluding tert-OH is 1. The molecule has 16 heavy (non-hydrogen) atoms. The van der Waals surface area contributed by atoms with Crippen molar-refractivity contribution < 1.29 is 13.9 Å². The molecular formula is C8H9ClF2IN3O. The van der Waals surface area contributed by atoms with Crippen LogP contribution in [-0.4, -0.2) is 34.1 Å². The summed E-state index contributed by atoms with van der Waals surface area (Å²) in [6, 6.07) is -1.15. The van der Waals surface area contributed by atoms with Crippen LogP contribution in [-0.2, 0) is 0 Å². The maximum Gasteiger partial charge on any atom is 0.258 e. The minimum absolute atomic E-state index is 0.0140. The number of alkyl halides is 2. The van der Waals surface area contributed by atoms with Crippen LogP contribution >= 0.6 is 34.2 Å². The number of aliphatic hydroxyl groups is 1. The third-order valence-corrected chi connectivity index (χ3v) is 2.75. The summed E-state index contributed by atoms with van der Waals surface area (Å²) >= 11 is 7.46. The summed E-state index contributed by atoms with van der Waals surface area (Å²) in [5.74, 6) is 0.249. The van der Waals surface area contributed by atoms with Gasteiger partial charge in [0.05, 0.1) is 9.61 Å². The van der Waals surface area contributed by atoms with Crippen molar-refractivity contribution in [1.82, 2.24) is 9.97 Å². The summed E-state index contributed by atoms with van der Waals surface area (Å²) in [4.78, 5) is 7.51. The van der Waals surface area contributed by atoms with Crippen molar-refractivity contribution in [1.29, 1.82) is 0 Å². The molecule has 1 rings (SSSR count). The number of hydrogen-bond acceptors (Lipinski definition) is 4. The highest BCUT2D eigenvalue weighted by Crippen LogP contribution is 2.19. The van der Waals surface area contributed by atoms with Crippen LogP contribution in [0.2, 0.25) is 5.28 Å². The van der Waals surface area contributed by atoms with Gasteiger partial charge in [-0.05, 0) is 40.6 Å². The predicted octanol–water partition coefficient (Wildman–Crippen LogP) is 2.16. The van der Waals surface area contributed by atoms with Gasteiger partial charge in [-0.15, -0.1) is 0 Å². The summed E-state index contributed by atoms with van der Waals surface area (Å²) in [5, 5.41) is 11.2. The summed E-state index contributed by atoms with van der Waals surface area (Å²) < 4.78 is 25.7. The predicted molar refractivity (Wildman–Crippen MR) is 64.9 cm³/mol. The lowest BCUT2D eigenvalue weighted by Crippen LogP contribution is -2.29. The Morgan fingerprint density at radius 3 is 2.81 bits per heavy atom. The quantitative estimate of drug-likeness (QED) is 0.622. The Morgan fingerprint density at radius 1 is 1.56 bits per heavy atom. The Bertz CT molecular complexity index is 356. The third-order valence-electron chi connectivity index (χ3n) is 1.78. The first-order valence-corrected chi connectivity index (χ1v) is 5.84. The zero-order chi connectivity index (χ0) is 12.1. The van der Waals surface area contributed by atoms with Crippen LogP contribution in [0.1, 0.15) is 6.42 Å². The van der Waals surface area contributed by atoms with Crippen molar-refractivity contribution in [3.63, 3.8) is 0 Å². The Kier molecular flexibility index (Phi) is 5.56. The molecule has 0 aliphatic heterocycles. The molecule has 4 nitrogen and oxygen atoms in total. The Hall–Kier alpha value is -0.280. The number of rotatable bonds is 5. The van der Waals surface area contributed by atoms with E-state index in [-0.39, 0.29) is 24.1 Å². The molecule has 8 heteroatoms. The van der Waals surface area contributed by atoms with E-state index >= 15 is 0 Å². The molecule has 1 aromatic rings. The van der Waals surface area contributed by atoms with E-state index in [1.165, 1.54) is 6.20 Å². The van der Waals surface area contributed by atoms with Gasteiger partial charge >= 0.3 is 0 Å². The molecule has 1 atom stereocenters. The molecule has 90 valence electrons. The lowest BCUT2D eigenvalue weighted by molar-refractivity contribution is 0.109. The number of halogens is 4. The number of nitrogens with one attached hydrogen (secondary N) is 1. The average Bonchev–Trinajstić information content (AvgIpc) is 2.22.